The van der Waals surface area contributed by atoms with E-state index in [1.165, 1.54) is 10.6 Å². The van der Waals surface area contributed by atoms with Crippen molar-refractivity contribution in [2.24, 2.45) is 0 Å². The Morgan fingerprint density at radius 2 is 2.30 bits per heavy atom. The van der Waals surface area contributed by atoms with Gasteiger partial charge in [-0.2, -0.15) is 0 Å². The molecule has 0 saturated carbocycles. The number of aliphatic hydroxyl groups is 1. The molecule has 1 saturated heterocycles. The van der Waals surface area contributed by atoms with Crippen LogP contribution in [0.4, 0.5) is 0 Å². The average molecular weight is 273 g/mol. The normalized spacial score (nSPS) is 18.6. The minimum Gasteiger partial charge on any atom is -0.394 e. The number of rotatable bonds is 2. The SMILES string of the molecule is O=C(c1cnc2ccccn2c1=O)N1CCC[C@H]1CO. The van der Waals surface area contributed by atoms with E-state index in [-0.39, 0.29) is 29.7 Å². The second kappa shape index (κ2) is 5.05. The Hall–Kier alpha value is -2.21. The fourth-order valence-corrected chi connectivity index (χ4v) is 2.62. The predicted octanol–water partition coefficient (Wildman–Crippen LogP) is 0.291. The summed E-state index contributed by atoms with van der Waals surface area (Å²) in [5.74, 6) is -0.350. The van der Waals surface area contributed by atoms with E-state index in [0.29, 0.717) is 12.2 Å². The molecule has 0 spiro atoms. The Labute approximate surface area is 115 Å². The maximum absolute atomic E-state index is 12.4. The van der Waals surface area contributed by atoms with Gasteiger partial charge < -0.3 is 10.0 Å². The first-order chi connectivity index (χ1) is 9.72. The first kappa shape index (κ1) is 12.8. The molecule has 1 amide bonds. The van der Waals surface area contributed by atoms with Crippen LogP contribution in [-0.4, -0.2) is 44.5 Å². The van der Waals surface area contributed by atoms with Crippen LogP contribution in [0.2, 0.25) is 0 Å². The summed E-state index contributed by atoms with van der Waals surface area (Å²) >= 11 is 0. The number of carbonyl (C=O) groups excluding carboxylic acids is 1. The van der Waals surface area contributed by atoms with Crippen molar-refractivity contribution in [3.8, 4) is 0 Å². The van der Waals surface area contributed by atoms with Gasteiger partial charge in [-0.05, 0) is 25.0 Å². The molecule has 0 aliphatic carbocycles. The number of hydrogen-bond donors (Lipinski definition) is 1. The van der Waals surface area contributed by atoms with Gasteiger partial charge in [0.25, 0.3) is 11.5 Å². The third-order valence-corrected chi connectivity index (χ3v) is 3.69. The molecule has 0 radical (unpaired) electrons. The van der Waals surface area contributed by atoms with Crippen molar-refractivity contribution >= 4 is 11.6 Å². The number of likely N-dealkylation sites (tertiary alicyclic amines) is 1. The molecule has 20 heavy (non-hydrogen) atoms. The molecule has 2 aromatic rings. The van der Waals surface area contributed by atoms with E-state index in [2.05, 4.69) is 4.98 Å². The maximum Gasteiger partial charge on any atom is 0.270 e. The zero-order chi connectivity index (χ0) is 14.1. The molecule has 3 rings (SSSR count). The van der Waals surface area contributed by atoms with Crippen molar-refractivity contribution in [3.63, 3.8) is 0 Å². The van der Waals surface area contributed by atoms with Crippen molar-refractivity contribution in [1.29, 1.82) is 0 Å². The minimum atomic E-state index is -0.371. The third kappa shape index (κ3) is 1.98. The Kier molecular flexibility index (Phi) is 3.23. The zero-order valence-electron chi connectivity index (χ0n) is 10.9. The number of fused-ring (bicyclic) bond motifs is 1. The molecule has 1 aliphatic heterocycles. The summed E-state index contributed by atoms with van der Waals surface area (Å²) in [6.45, 7) is 0.495. The molecule has 104 valence electrons. The van der Waals surface area contributed by atoms with Crippen LogP contribution in [0.5, 0.6) is 0 Å². The van der Waals surface area contributed by atoms with Crippen LogP contribution in [0, 0.1) is 0 Å². The van der Waals surface area contributed by atoms with Crippen LogP contribution in [0.1, 0.15) is 23.2 Å². The van der Waals surface area contributed by atoms with E-state index in [9.17, 15) is 14.7 Å². The Morgan fingerprint density at radius 3 is 3.10 bits per heavy atom. The number of carbonyl (C=O) groups is 1. The summed E-state index contributed by atoms with van der Waals surface area (Å²) in [6, 6.07) is 5.02. The number of pyridine rings is 1. The van der Waals surface area contributed by atoms with Crippen molar-refractivity contribution in [3.05, 3.63) is 46.5 Å². The van der Waals surface area contributed by atoms with E-state index >= 15 is 0 Å². The summed E-state index contributed by atoms with van der Waals surface area (Å²) in [5.41, 5.74) is 0.187. The van der Waals surface area contributed by atoms with Crippen LogP contribution in [0.25, 0.3) is 5.65 Å². The summed E-state index contributed by atoms with van der Waals surface area (Å²) < 4.78 is 1.36. The van der Waals surface area contributed by atoms with Gasteiger partial charge in [-0.15, -0.1) is 0 Å². The molecule has 3 heterocycles. The number of aliphatic hydroxyl groups excluding tert-OH is 1. The molecular weight excluding hydrogens is 258 g/mol. The topological polar surface area (TPSA) is 74.9 Å². The van der Waals surface area contributed by atoms with Gasteiger partial charge in [0, 0.05) is 18.9 Å². The van der Waals surface area contributed by atoms with Crippen LogP contribution in [0.15, 0.2) is 35.4 Å². The molecule has 6 nitrogen and oxygen atoms in total. The standard InChI is InChI=1S/C14H15N3O3/c18-9-10-4-3-7-16(10)13(19)11-8-15-12-5-1-2-6-17(12)14(11)20/h1-2,5-6,8,10,18H,3-4,7,9H2/t10-/m0/s1. The van der Waals surface area contributed by atoms with Gasteiger partial charge in [0.15, 0.2) is 0 Å². The van der Waals surface area contributed by atoms with E-state index in [1.807, 2.05) is 0 Å². The summed E-state index contributed by atoms with van der Waals surface area (Å²) in [5, 5.41) is 9.28. The lowest BCUT2D eigenvalue weighted by Gasteiger charge is -2.22. The van der Waals surface area contributed by atoms with Crippen LogP contribution in [-0.2, 0) is 0 Å². The summed E-state index contributed by atoms with van der Waals surface area (Å²) in [7, 11) is 0. The van der Waals surface area contributed by atoms with E-state index < -0.39 is 0 Å². The van der Waals surface area contributed by atoms with E-state index in [0.717, 1.165) is 12.8 Å². The zero-order valence-corrected chi connectivity index (χ0v) is 10.9. The first-order valence-corrected chi connectivity index (χ1v) is 6.60. The van der Waals surface area contributed by atoms with E-state index in [1.54, 1.807) is 29.3 Å². The molecule has 1 N–H and O–H groups in total. The Balaban J connectivity index is 2.04. The highest BCUT2D eigenvalue weighted by molar-refractivity contribution is 5.94. The molecule has 0 unspecified atom stereocenters. The van der Waals surface area contributed by atoms with Crippen molar-refractivity contribution < 1.29 is 9.90 Å². The highest BCUT2D eigenvalue weighted by Gasteiger charge is 2.30. The summed E-state index contributed by atoms with van der Waals surface area (Å²) in [6.07, 6.45) is 4.53. The number of aromatic nitrogens is 2. The fourth-order valence-electron chi connectivity index (χ4n) is 2.62. The monoisotopic (exact) mass is 273 g/mol. The number of hydrogen-bond acceptors (Lipinski definition) is 4. The summed E-state index contributed by atoms with van der Waals surface area (Å²) in [4.78, 5) is 30.5. The fraction of sp³-hybridized carbons (Fsp3) is 0.357. The van der Waals surface area contributed by atoms with Gasteiger partial charge in [-0.1, -0.05) is 6.07 Å². The lowest BCUT2D eigenvalue weighted by molar-refractivity contribution is 0.0675. The lowest BCUT2D eigenvalue weighted by atomic mass is 10.2. The third-order valence-electron chi connectivity index (χ3n) is 3.69. The first-order valence-electron chi connectivity index (χ1n) is 6.60. The Bertz CT molecular complexity index is 710. The smallest absolute Gasteiger partial charge is 0.270 e. The van der Waals surface area contributed by atoms with Crippen molar-refractivity contribution in [2.75, 3.05) is 13.2 Å². The average Bonchev–Trinajstić information content (AvgIpc) is 2.96. The highest BCUT2D eigenvalue weighted by atomic mass is 16.3. The van der Waals surface area contributed by atoms with Crippen LogP contribution < -0.4 is 5.56 Å². The quantitative estimate of drug-likeness (QED) is 0.853. The molecule has 1 atom stereocenters. The van der Waals surface area contributed by atoms with Gasteiger partial charge in [-0.3, -0.25) is 14.0 Å². The molecule has 2 aromatic heterocycles. The number of amides is 1. The molecule has 6 heteroatoms. The highest BCUT2D eigenvalue weighted by Crippen LogP contribution is 2.18. The van der Waals surface area contributed by atoms with Gasteiger partial charge in [0.2, 0.25) is 0 Å². The molecule has 0 bridgehead atoms. The second-order valence-electron chi connectivity index (χ2n) is 4.88. The van der Waals surface area contributed by atoms with Crippen LogP contribution in [0.3, 0.4) is 0 Å². The van der Waals surface area contributed by atoms with Crippen LogP contribution >= 0.6 is 0 Å². The second-order valence-corrected chi connectivity index (χ2v) is 4.88. The molecule has 0 aromatic carbocycles. The Morgan fingerprint density at radius 1 is 1.45 bits per heavy atom. The molecule has 1 aliphatic rings. The van der Waals surface area contributed by atoms with Crippen molar-refractivity contribution in [2.45, 2.75) is 18.9 Å². The van der Waals surface area contributed by atoms with E-state index in [4.69, 9.17) is 0 Å². The van der Waals surface area contributed by atoms with Crippen molar-refractivity contribution in [1.82, 2.24) is 14.3 Å². The maximum atomic E-state index is 12.4. The van der Waals surface area contributed by atoms with Gasteiger partial charge in [0.05, 0.1) is 12.6 Å². The molecular formula is C14H15N3O3. The van der Waals surface area contributed by atoms with Gasteiger partial charge >= 0.3 is 0 Å². The number of nitrogens with zero attached hydrogens (tertiary/aromatic N) is 3. The molecule has 1 fully saturated rings. The predicted molar refractivity (Wildman–Crippen MR) is 72.6 cm³/mol. The van der Waals surface area contributed by atoms with Gasteiger partial charge in [0.1, 0.15) is 11.2 Å². The van der Waals surface area contributed by atoms with Gasteiger partial charge in [-0.25, -0.2) is 4.98 Å². The minimum absolute atomic E-state index is 0.0500. The lowest BCUT2D eigenvalue weighted by Crippen LogP contribution is -2.40. The largest absolute Gasteiger partial charge is 0.394 e.